The average molecular weight is 218 g/mol. The Morgan fingerprint density at radius 2 is 2.06 bits per heavy atom. The molecule has 0 aliphatic heterocycles. The normalized spacial score (nSPS) is 12.1. The van der Waals surface area contributed by atoms with Gasteiger partial charge in [-0.15, -0.1) is 0 Å². The molecule has 1 aromatic rings. The van der Waals surface area contributed by atoms with Crippen molar-refractivity contribution in [3.8, 4) is 6.07 Å². The van der Waals surface area contributed by atoms with Gasteiger partial charge in [-0.05, 0) is 31.5 Å². The van der Waals surface area contributed by atoms with Gasteiger partial charge in [0.25, 0.3) is 0 Å². The lowest BCUT2D eigenvalue weighted by atomic mass is 10.1. The number of nitriles is 1. The molecule has 0 radical (unpaired) electrons. The summed E-state index contributed by atoms with van der Waals surface area (Å²) in [5.41, 5.74) is 1.89. The lowest BCUT2D eigenvalue weighted by Crippen LogP contribution is -2.23. The molecular weight excluding hydrogens is 200 g/mol. The van der Waals surface area contributed by atoms with Crippen molar-refractivity contribution in [1.29, 1.82) is 5.26 Å². The van der Waals surface area contributed by atoms with Crippen molar-refractivity contribution in [3.63, 3.8) is 0 Å². The first-order valence-corrected chi connectivity index (χ1v) is 5.59. The fourth-order valence-electron chi connectivity index (χ4n) is 1.46. The zero-order valence-corrected chi connectivity index (χ0v) is 9.86. The Bertz CT molecular complexity index is 340. The molecule has 0 aliphatic rings. The van der Waals surface area contributed by atoms with Gasteiger partial charge in [-0.25, -0.2) is 0 Å². The van der Waals surface area contributed by atoms with Crippen molar-refractivity contribution in [1.82, 2.24) is 5.32 Å². The summed E-state index contributed by atoms with van der Waals surface area (Å²) in [5, 5.41) is 12.0. The second-order valence-electron chi connectivity index (χ2n) is 3.61. The molecule has 0 aromatic heterocycles. The molecule has 0 spiro atoms. The van der Waals surface area contributed by atoms with E-state index in [2.05, 4.69) is 18.3 Å². The molecule has 1 N–H and O–H groups in total. The summed E-state index contributed by atoms with van der Waals surface area (Å²) < 4.78 is 5.25. The molecule has 1 unspecified atom stereocenters. The topological polar surface area (TPSA) is 45.0 Å². The second kappa shape index (κ2) is 7.00. The fourth-order valence-corrected chi connectivity index (χ4v) is 1.46. The minimum absolute atomic E-state index is 0.285. The molecule has 1 aromatic carbocycles. The Labute approximate surface area is 97.0 Å². The van der Waals surface area contributed by atoms with Crippen LogP contribution in [-0.2, 0) is 4.74 Å². The Balaban J connectivity index is 2.40. The molecule has 1 atom stereocenters. The quantitative estimate of drug-likeness (QED) is 0.745. The van der Waals surface area contributed by atoms with E-state index in [4.69, 9.17) is 10.00 Å². The number of hydrogen-bond donors (Lipinski definition) is 1. The first-order chi connectivity index (χ1) is 7.77. The number of rotatable bonds is 6. The largest absolute Gasteiger partial charge is 0.380 e. The summed E-state index contributed by atoms with van der Waals surface area (Å²) in [6, 6.07) is 10.1. The van der Waals surface area contributed by atoms with Crippen LogP contribution in [0.25, 0.3) is 0 Å². The first kappa shape index (κ1) is 12.7. The summed E-state index contributed by atoms with van der Waals surface area (Å²) in [5.74, 6) is 0. The van der Waals surface area contributed by atoms with Gasteiger partial charge in [-0.3, -0.25) is 0 Å². The molecule has 0 bridgehead atoms. The summed E-state index contributed by atoms with van der Waals surface area (Å²) >= 11 is 0. The molecule has 3 heteroatoms. The van der Waals surface area contributed by atoms with Gasteiger partial charge in [0.2, 0.25) is 0 Å². The van der Waals surface area contributed by atoms with Crippen LogP contribution < -0.4 is 5.32 Å². The third kappa shape index (κ3) is 4.01. The summed E-state index contributed by atoms with van der Waals surface area (Å²) in [6.07, 6.45) is 0. The van der Waals surface area contributed by atoms with E-state index in [0.717, 1.165) is 19.8 Å². The van der Waals surface area contributed by atoms with E-state index < -0.39 is 0 Å². The highest BCUT2D eigenvalue weighted by atomic mass is 16.5. The van der Waals surface area contributed by atoms with Crippen LogP contribution in [-0.4, -0.2) is 19.8 Å². The molecule has 0 aliphatic carbocycles. The fraction of sp³-hybridized carbons (Fsp3) is 0.462. The lowest BCUT2D eigenvalue weighted by molar-refractivity contribution is 0.147. The van der Waals surface area contributed by atoms with Crippen LogP contribution in [0.4, 0.5) is 0 Å². The minimum atomic E-state index is 0.285. The smallest absolute Gasteiger partial charge is 0.0991 e. The van der Waals surface area contributed by atoms with Crippen molar-refractivity contribution < 1.29 is 4.74 Å². The van der Waals surface area contributed by atoms with Crippen LogP contribution in [0.15, 0.2) is 24.3 Å². The highest BCUT2D eigenvalue weighted by molar-refractivity contribution is 5.32. The van der Waals surface area contributed by atoms with Gasteiger partial charge in [0, 0.05) is 19.2 Å². The highest BCUT2D eigenvalue weighted by Crippen LogP contribution is 2.12. The maximum atomic E-state index is 8.69. The molecule has 0 heterocycles. The van der Waals surface area contributed by atoms with Crippen LogP contribution in [0, 0.1) is 11.3 Å². The number of ether oxygens (including phenoxy) is 1. The van der Waals surface area contributed by atoms with Gasteiger partial charge in [0.1, 0.15) is 0 Å². The van der Waals surface area contributed by atoms with Crippen LogP contribution in [0.5, 0.6) is 0 Å². The molecule has 86 valence electrons. The predicted octanol–water partition coefficient (Wildman–Crippen LogP) is 2.25. The molecule has 3 nitrogen and oxygen atoms in total. The SMILES string of the molecule is CCOCCNC(C)c1ccc(C#N)cc1. The minimum Gasteiger partial charge on any atom is -0.380 e. The predicted molar refractivity (Wildman–Crippen MR) is 64.1 cm³/mol. The van der Waals surface area contributed by atoms with Crippen LogP contribution in [0.2, 0.25) is 0 Å². The number of benzene rings is 1. The second-order valence-corrected chi connectivity index (χ2v) is 3.61. The summed E-state index contributed by atoms with van der Waals surface area (Å²) in [6.45, 7) is 6.43. The molecule has 0 amide bonds. The van der Waals surface area contributed by atoms with Gasteiger partial charge < -0.3 is 10.1 Å². The van der Waals surface area contributed by atoms with Crippen LogP contribution in [0.1, 0.15) is 31.0 Å². The number of hydrogen-bond acceptors (Lipinski definition) is 3. The van der Waals surface area contributed by atoms with Crippen LogP contribution in [0.3, 0.4) is 0 Å². The van der Waals surface area contributed by atoms with Gasteiger partial charge in [-0.1, -0.05) is 12.1 Å². The lowest BCUT2D eigenvalue weighted by Gasteiger charge is -2.14. The molecule has 0 saturated carbocycles. The van der Waals surface area contributed by atoms with Gasteiger partial charge in [-0.2, -0.15) is 5.26 Å². The zero-order valence-electron chi connectivity index (χ0n) is 9.86. The maximum Gasteiger partial charge on any atom is 0.0991 e. The molecule has 16 heavy (non-hydrogen) atoms. The molecule has 1 rings (SSSR count). The van der Waals surface area contributed by atoms with E-state index in [0.29, 0.717) is 5.56 Å². The summed E-state index contributed by atoms with van der Waals surface area (Å²) in [7, 11) is 0. The van der Waals surface area contributed by atoms with E-state index in [1.807, 2.05) is 31.2 Å². The Morgan fingerprint density at radius 3 is 2.62 bits per heavy atom. The molecule has 0 fully saturated rings. The van der Waals surface area contributed by atoms with Crippen molar-refractivity contribution >= 4 is 0 Å². The van der Waals surface area contributed by atoms with Crippen molar-refractivity contribution in [2.24, 2.45) is 0 Å². The van der Waals surface area contributed by atoms with Crippen molar-refractivity contribution in [2.75, 3.05) is 19.8 Å². The van der Waals surface area contributed by atoms with Gasteiger partial charge in [0.15, 0.2) is 0 Å². The van der Waals surface area contributed by atoms with Crippen LogP contribution >= 0.6 is 0 Å². The monoisotopic (exact) mass is 218 g/mol. The van der Waals surface area contributed by atoms with Gasteiger partial charge in [0.05, 0.1) is 18.2 Å². The Morgan fingerprint density at radius 1 is 1.38 bits per heavy atom. The maximum absolute atomic E-state index is 8.69. The standard InChI is InChI=1S/C13H18N2O/c1-3-16-9-8-15-11(2)13-6-4-12(10-14)5-7-13/h4-7,11,15H,3,8-9H2,1-2H3. The first-order valence-electron chi connectivity index (χ1n) is 5.59. The van der Waals surface area contributed by atoms with E-state index in [1.54, 1.807) is 0 Å². The Kier molecular flexibility index (Phi) is 5.55. The van der Waals surface area contributed by atoms with Crippen molar-refractivity contribution in [2.45, 2.75) is 19.9 Å². The van der Waals surface area contributed by atoms with E-state index in [-0.39, 0.29) is 6.04 Å². The molecule has 0 saturated heterocycles. The van der Waals surface area contributed by atoms with E-state index in [9.17, 15) is 0 Å². The Hall–Kier alpha value is -1.37. The summed E-state index contributed by atoms with van der Waals surface area (Å²) in [4.78, 5) is 0. The number of nitrogens with one attached hydrogen (secondary N) is 1. The third-order valence-electron chi connectivity index (χ3n) is 2.44. The third-order valence-corrected chi connectivity index (χ3v) is 2.44. The zero-order chi connectivity index (χ0) is 11.8. The number of nitrogens with zero attached hydrogens (tertiary/aromatic N) is 1. The van der Waals surface area contributed by atoms with Gasteiger partial charge >= 0.3 is 0 Å². The molecular formula is C13H18N2O. The average Bonchev–Trinajstić information content (AvgIpc) is 2.34. The van der Waals surface area contributed by atoms with E-state index in [1.165, 1.54) is 5.56 Å². The van der Waals surface area contributed by atoms with E-state index >= 15 is 0 Å². The highest BCUT2D eigenvalue weighted by Gasteiger charge is 2.03. The van der Waals surface area contributed by atoms with Crippen molar-refractivity contribution in [3.05, 3.63) is 35.4 Å².